The van der Waals surface area contributed by atoms with Crippen LogP contribution in [0.2, 0.25) is 0 Å². The number of rotatable bonds is 6. The highest BCUT2D eigenvalue weighted by Crippen LogP contribution is 2.27. The van der Waals surface area contributed by atoms with Crippen molar-refractivity contribution in [3.8, 4) is 0 Å². The molecular formula is C14H21IN2O4S. The second-order valence-electron chi connectivity index (χ2n) is 5.82. The van der Waals surface area contributed by atoms with Crippen LogP contribution in [0.1, 0.15) is 31.4 Å². The lowest BCUT2D eigenvalue weighted by atomic mass is 9.97. The molecule has 1 amide bonds. The minimum absolute atomic E-state index is 0.597. The van der Waals surface area contributed by atoms with Gasteiger partial charge in [-0.25, -0.2) is 13.2 Å². The van der Waals surface area contributed by atoms with Crippen molar-refractivity contribution < 1.29 is 17.9 Å². The number of aryl methyl sites for hydroxylation is 2. The monoisotopic (exact) mass is 440 g/mol. The van der Waals surface area contributed by atoms with Crippen LogP contribution < -0.4 is 10.5 Å². The van der Waals surface area contributed by atoms with Crippen LogP contribution in [0, 0.1) is 10.5 Å². The van der Waals surface area contributed by atoms with Gasteiger partial charge in [0.2, 0.25) is 10.0 Å². The van der Waals surface area contributed by atoms with Gasteiger partial charge in [0, 0.05) is 3.57 Å². The minimum Gasteiger partial charge on any atom is -0.444 e. The fourth-order valence-corrected chi connectivity index (χ4v) is 3.83. The van der Waals surface area contributed by atoms with Gasteiger partial charge in [-0.1, -0.05) is 6.07 Å². The van der Waals surface area contributed by atoms with Crippen LogP contribution in [0.4, 0.5) is 10.5 Å². The Morgan fingerprint density at radius 3 is 2.45 bits per heavy atom. The SMILES string of the molecule is Cc1cc(CCC(C)(C)OC(N)=O)cc(I)c1NS(C)(=O)=O. The van der Waals surface area contributed by atoms with Crippen LogP contribution in [0.15, 0.2) is 12.1 Å². The van der Waals surface area contributed by atoms with E-state index in [1.165, 1.54) is 0 Å². The zero-order valence-electron chi connectivity index (χ0n) is 13.1. The van der Waals surface area contributed by atoms with E-state index in [-0.39, 0.29) is 0 Å². The highest BCUT2D eigenvalue weighted by molar-refractivity contribution is 14.1. The first-order chi connectivity index (χ1) is 9.89. The quantitative estimate of drug-likeness (QED) is 0.665. The average Bonchev–Trinajstić information content (AvgIpc) is 2.28. The summed E-state index contributed by atoms with van der Waals surface area (Å²) in [7, 11) is -3.31. The van der Waals surface area contributed by atoms with Crippen molar-refractivity contribution in [1.29, 1.82) is 0 Å². The van der Waals surface area contributed by atoms with Gasteiger partial charge < -0.3 is 10.5 Å². The molecule has 1 rings (SSSR count). The molecule has 0 radical (unpaired) electrons. The van der Waals surface area contributed by atoms with Crippen LogP contribution in [-0.2, 0) is 21.2 Å². The Morgan fingerprint density at radius 2 is 2.00 bits per heavy atom. The van der Waals surface area contributed by atoms with Crippen molar-refractivity contribution in [2.45, 2.75) is 39.2 Å². The average molecular weight is 440 g/mol. The maximum atomic E-state index is 11.4. The van der Waals surface area contributed by atoms with Crippen LogP contribution in [-0.4, -0.2) is 26.4 Å². The molecule has 0 spiro atoms. The third-order valence-electron chi connectivity index (χ3n) is 3.03. The summed E-state index contributed by atoms with van der Waals surface area (Å²) in [6.07, 6.45) is 1.64. The van der Waals surface area contributed by atoms with E-state index in [0.717, 1.165) is 21.0 Å². The number of hydrogen-bond donors (Lipinski definition) is 2. The maximum Gasteiger partial charge on any atom is 0.405 e. The second kappa shape index (κ2) is 7.03. The predicted molar refractivity (Wildman–Crippen MR) is 95.4 cm³/mol. The van der Waals surface area contributed by atoms with E-state index in [1.807, 2.05) is 19.1 Å². The molecule has 0 aromatic heterocycles. The molecule has 1 aromatic carbocycles. The van der Waals surface area contributed by atoms with Crippen LogP contribution in [0.3, 0.4) is 0 Å². The largest absolute Gasteiger partial charge is 0.444 e. The third-order valence-corrected chi connectivity index (χ3v) is 4.45. The van der Waals surface area contributed by atoms with Gasteiger partial charge in [-0.2, -0.15) is 0 Å². The lowest BCUT2D eigenvalue weighted by Crippen LogP contribution is -2.31. The first kappa shape index (κ1) is 19.0. The molecule has 8 heteroatoms. The van der Waals surface area contributed by atoms with Crippen LogP contribution >= 0.6 is 22.6 Å². The number of nitrogens with one attached hydrogen (secondary N) is 1. The number of nitrogens with two attached hydrogens (primary N) is 1. The molecule has 0 fully saturated rings. The van der Waals surface area contributed by atoms with Gasteiger partial charge >= 0.3 is 6.09 Å². The number of carbonyl (C=O) groups is 1. The van der Waals surface area contributed by atoms with Gasteiger partial charge in [-0.15, -0.1) is 0 Å². The molecule has 22 heavy (non-hydrogen) atoms. The highest BCUT2D eigenvalue weighted by atomic mass is 127. The summed E-state index contributed by atoms with van der Waals surface area (Å²) in [4.78, 5) is 10.8. The topological polar surface area (TPSA) is 98.5 Å². The summed E-state index contributed by atoms with van der Waals surface area (Å²) in [5, 5.41) is 0. The molecular weight excluding hydrogens is 419 g/mol. The molecule has 124 valence electrons. The first-order valence-electron chi connectivity index (χ1n) is 6.65. The zero-order valence-corrected chi connectivity index (χ0v) is 16.0. The Hall–Kier alpha value is -1.03. The third kappa shape index (κ3) is 6.39. The number of carbonyl (C=O) groups excluding carboxylic acids is 1. The highest BCUT2D eigenvalue weighted by Gasteiger charge is 2.21. The smallest absolute Gasteiger partial charge is 0.405 e. The molecule has 0 atom stereocenters. The summed E-state index contributed by atoms with van der Waals surface area (Å²) < 4.78 is 31.2. The molecule has 0 unspecified atom stereocenters. The van der Waals surface area contributed by atoms with Crippen molar-refractivity contribution in [1.82, 2.24) is 0 Å². The van der Waals surface area contributed by atoms with Crippen LogP contribution in [0.5, 0.6) is 0 Å². The Morgan fingerprint density at radius 1 is 1.41 bits per heavy atom. The normalized spacial score (nSPS) is 12.0. The Labute approximate surface area is 145 Å². The number of halogens is 1. The van der Waals surface area contributed by atoms with E-state index >= 15 is 0 Å². The lowest BCUT2D eigenvalue weighted by Gasteiger charge is -2.24. The molecule has 0 saturated carbocycles. The molecule has 0 heterocycles. The fraction of sp³-hybridized carbons (Fsp3) is 0.500. The van der Waals surface area contributed by atoms with Gasteiger partial charge in [0.25, 0.3) is 0 Å². The van der Waals surface area contributed by atoms with Crippen molar-refractivity contribution in [3.05, 3.63) is 26.8 Å². The number of amides is 1. The number of benzene rings is 1. The van der Waals surface area contributed by atoms with E-state index in [0.29, 0.717) is 18.5 Å². The fourth-order valence-electron chi connectivity index (χ4n) is 2.04. The molecule has 0 saturated heterocycles. The number of sulfonamides is 1. The Bertz CT molecular complexity index is 648. The molecule has 6 nitrogen and oxygen atoms in total. The molecule has 3 N–H and O–H groups in total. The number of anilines is 1. The van der Waals surface area contributed by atoms with Crippen molar-refractivity contribution in [3.63, 3.8) is 0 Å². The molecule has 0 aliphatic carbocycles. The lowest BCUT2D eigenvalue weighted by molar-refractivity contribution is 0.0394. The second-order valence-corrected chi connectivity index (χ2v) is 8.74. The molecule has 1 aromatic rings. The van der Waals surface area contributed by atoms with Gasteiger partial charge in [-0.3, -0.25) is 4.72 Å². The van der Waals surface area contributed by atoms with Crippen molar-refractivity contribution >= 4 is 44.4 Å². The molecule has 0 aliphatic rings. The standard InChI is InChI=1S/C14H21IN2O4S/c1-9-7-10(5-6-14(2,3)21-13(16)18)8-11(15)12(9)17-22(4,19)20/h7-8,17H,5-6H2,1-4H3,(H2,16,18). The summed E-state index contributed by atoms with van der Waals surface area (Å²) in [5.41, 5.74) is 6.89. The van der Waals surface area contributed by atoms with E-state index in [1.54, 1.807) is 13.8 Å². The van der Waals surface area contributed by atoms with Crippen LogP contribution in [0.25, 0.3) is 0 Å². The van der Waals surface area contributed by atoms with Gasteiger partial charge in [0.15, 0.2) is 0 Å². The van der Waals surface area contributed by atoms with E-state index in [4.69, 9.17) is 10.5 Å². The van der Waals surface area contributed by atoms with E-state index in [9.17, 15) is 13.2 Å². The predicted octanol–water partition coefficient (Wildman–Crippen LogP) is 2.78. The van der Waals surface area contributed by atoms with Crippen molar-refractivity contribution in [2.24, 2.45) is 5.73 Å². The van der Waals surface area contributed by atoms with E-state index in [2.05, 4.69) is 27.3 Å². The summed E-state index contributed by atoms with van der Waals surface area (Å²) in [6, 6.07) is 3.84. The van der Waals surface area contributed by atoms with Gasteiger partial charge in [-0.05, 0) is 73.4 Å². The summed E-state index contributed by atoms with van der Waals surface area (Å²) in [5.74, 6) is 0. The molecule has 0 aliphatic heterocycles. The molecule has 0 bridgehead atoms. The maximum absolute atomic E-state index is 11.4. The number of primary amides is 1. The Balaban J connectivity index is 2.89. The van der Waals surface area contributed by atoms with E-state index < -0.39 is 21.7 Å². The Kier molecular flexibility index (Phi) is 6.08. The van der Waals surface area contributed by atoms with Crippen molar-refractivity contribution in [2.75, 3.05) is 11.0 Å². The van der Waals surface area contributed by atoms with Gasteiger partial charge in [0.05, 0.1) is 11.9 Å². The van der Waals surface area contributed by atoms with Gasteiger partial charge in [0.1, 0.15) is 5.60 Å². The number of ether oxygens (including phenoxy) is 1. The summed E-state index contributed by atoms with van der Waals surface area (Å²) in [6.45, 7) is 5.45. The zero-order chi connectivity index (χ0) is 17.1. The summed E-state index contributed by atoms with van der Waals surface area (Å²) >= 11 is 2.10. The first-order valence-corrected chi connectivity index (χ1v) is 9.62. The number of hydrogen-bond acceptors (Lipinski definition) is 4. The minimum atomic E-state index is -3.31.